The molecule has 1 aliphatic heterocycles. The van der Waals surface area contributed by atoms with E-state index in [1.165, 1.54) is 21.3 Å². The molecule has 162 valence electrons. The lowest BCUT2D eigenvalue weighted by molar-refractivity contribution is -0.134. The van der Waals surface area contributed by atoms with E-state index in [2.05, 4.69) is 10.6 Å². The number of carbonyl (C=O) groups excluding carboxylic acids is 3. The van der Waals surface area contributed by atoms with Crippen LogP contribution in [-0.4, -0.2) is 50.6 Å². The summed E-state index contributed by atoms with van der Waals surface area (Å²) < 4.78 is 15.8. The third kappa shape index (κ3) is 3.31. The van der Waals surface area contributed by atoms with E-state index < -0.39 is 29.9 Å². The first-order valence-electron chi connectivity index (χ1n) is 9.76. The highest BCUT2D eigenvalue weighted by Crippen LogP contribution is 2.42. The van der Waals surface area contributed by atoms with Crippen molar-refractivity contribution in [3.63, 3.8) is 0 Å². The Balaban J connectivity index is 1.52. The van der Waals surface area contributed by atoms with E-state index in [4.69, 9.17) is 14.2 Å². The second-order valence-electron chi connectivity index (χ2n) is 7.35. The number of nitrogens with one attached hydrogen (secondary N) is 2. The molecule has 2 aromatic carbocycles. The number of hydrogen-bond donors (Lipinski definition) is 2. The first-order valence-corrected chi connectivity index (χ1v) is 9.76. The molecule has 1 atom stereocenters. The van der Waals surface area contributed by atoms with Crippen LogP contribution in [0, 0.1) is 0 Å². The van der Waals surface area contributed by atoms with Gasteiger partial charge in [-0.15, -0.1) is 0 Å². The number of carbonyl (C=O) groups is 3. The summed E-state index contributed by atoms with van der Waals surface area (Å²) in [7, 11) is 4.41. The minimum absolute atomic E-state index is 0.369. The third-order valence-corrected chi connectivity index (χ3v) is 5.67. The number of fused-ring (bicyclic) bond motifs is 2. The van der Waals surface area contributed by atoms with Crippen molar-refractivity contribution in [2.75, 3.05) is 33.2 Å². The van der Waals surface area contributed by atoms with Gasteiger partial charge in [-0.25, -0.2) is 4.79 Å². The average Bonchev–Trinajstić information content (AvgIpc) is 3.26. The number of ether oxygens (including phenoxy) is 3. The van der Waals surface area contributed by atoms with Crippen LogP contribution >= 0.6 is 0 Å². The summed E-state index contributed by atoms with van der Waals surface area (Å²) in [6.07, 6.45) is 1.16. The molecule has 9 heteroatoms. The predicted octanol–water partition coefficient (Wildman–Crippen LogP) is 2.04. The Morgan fingerprint density at radius 3 is 2.42 bits per heavy atom. The highest BCUT2D eigenvalue weighted by atomic mass is 16.5. The molecule has 0 radical (unpaired) electrons. The summed E-state index contributed by atoms with van der Waals surface area (Å²) in [6, 6.07) is 10.1. The largest absolute Gasteiger partial charge is 0.493 e. The number of benzene rings is 2. The number of hydrogen-bond acceptors (Lipinski definition) is 6. The lowest BCUT2D eigenvalue weighted by Gasteiger charge is -2.22. The van der Waals surface area contributed by atoms with Gasteiger partial charge in [-0.05, 0) is 24.0 Å². The molecule has 0 saturated carbocycles. The number of aryl methyl sites for hydroxylation is 1. The minimum Gasteiger partial charge on any atom is -0.493 e. The quantitative estimate of drug-likeness (QED) is 0.686. The standard InChI is InChI=1S/C22H23N3O6/c1-29-16-10-14(11-17(30-2)19(16)31-3)23-18(26)12-25-20(27)22(24-21(25)28)9-8-13-6-4-5-7-15(13)22/h4-7,10-11H,8-9,12H2,1-3H3,(H,23,26)(H,24,28)/t22-/m1/s1. The molecule has 2 aliphatic rings. The van der Waals surface area contributed by atoms with Crippen LogP contribution in [-0.2, 0) is 21.5 Å². The molecule has 2 aromatic rings. The van der Waals surface area contributed by atoms with E-state index >= 15 is 0 Å². The predicted molar refractivity (Wildman–Crippen MR) is 111 cm³/mol. The third-order valence-electron chi connectivity index (χ3n) is 5.67. The second-order valence-corrected chi connectivity index (χ2v) is 7.35. The van der Waals surface area contributed by atoms with Gasteiger partial charge < -0.3 is 24.8 Å². The van der Waals surface area contributed by atoms with Gasteiger partial charge in [-0.2, -0.15) is 0 Å². The molecule has 4 rings (SSSR count). The fourth-order valence-corrected chi connectivity index (χ4v) is 4.23. The summed E-state index contributed by atoms with van der Waals surface area (Å²) in [6.45, 7) is -0.411. The van der Waals surface area contributed by atoms with Gasteiger partial charge in [0.05, 0.1) is 21.3 Å². The molecule has 0 unspecified atom stereocenters. The van der Waals surface area contributed by atoms with E-state index in [0.29, 0.717) is 35.8 Å². The molecule has 2 N–H and O–H groups in total. The molecule has 1 fully saturated rings. The normalized spacial score (nSPS) is 19.3. The fraction of sp³-hybridized carbons (Fsp3) is 0.318. The van der Waals surface area contributed by atoms with Crippen LogP contribution in [0.3, 0.4) is 0 Å². The zero-order valence-corrected chi connectivity index (χ0v) is 17.5. The smallest absolute Gasteiger partial charge is 0.325 e. The lowest BCUT2D eigenvalue weighted by atomic mass is 9.92. The van der Waals surface area contributed by atoms with Crippen molar-refractivity contribution < 1.29 is 28.6 Å². The number of nitrogens with zero attached hydrogens (tertiary/aromatic N) is 1. The maximum Gasteiger partial charge on any atom is 0.325 e. The van der Waals surface area contributed by atoms with Crippen LogP contribution in [0.25, 0.3) is 0 Å². The van der Waals surface area contributed by atoms with Gasteiger partial charge in [0, 0.05) is 17.8 Å². The van der Waals surface area contributed by atoms with Crippen molar-refractivity contribution >= 4 is 23.5 Å². The first kappa shape index (κ1) is 20.5. The van der Waals surface area contributed by atoms with Crippen molar-refractivity contribution in [2.45, 2.75) is 18.4 Å². The van der Waals surface area contributed by atoms with Crippen LogP contribution in [0.2, 0.25) is 0 Å². The molecule has 31 heavy (non-hydrogen) atoms. The number of amides is 4. The number of urea groups is 1. The molecule has 4 amide bonds. The number of imide groups is 1. The molecule has 1 spiro atoms. The van der Waals surface area contributed by atoms with Gasteiger partial charge in [0.15, 0.2) is 11.5 Å². The van der Waals surface area contributed by atoms with Gasteiger partial charge in [0.2, 0.25) is 11.7 Å². The van der Waals surface area contributed by atoms with Gasteiger partial charge in [0.25, 0.3) is 5.91 Å². The highest BCUT2D eigenvalue weighted by molar-refractivity contribution is 6.11. The number of methoxy groups -OCH3 is 3. The average molecular weight is 425 g/mol. The molecule has 1 aliphatic carbocycles. The van der Waals surface area contributed by atoms with Gasteiger partial charge in [-0.1, -0.05) is 24.3 Å². The Morgan fingerprint density at radius 2 is 1.77 bits per heavy atom. The summed E-state index contributed by atoms with van der Waals surface area (Å²) in [5.74, 6) is 0.185. The summed E-state index contributed by atoms with van der Waals surface area (Å²) in [4.78, 5) is 39.4. The Hall–Kier alpha value is -3.75. The minimum atomic E-state index is -1.10. The van der Waals surface area contributed by atoms with Crippen molar-refractivity contribution in [1.82, 2.24) is 10.2 Å². The highest BCUT2D eigenvalue weighted by Gasteiger charge is 2.55. The summed E-state index contributed by atoms with van der Waals surface area (Å²) >= 11 is 0. The Kier molecular flexibility index (Phi) is 5.18. The van der Waals surface area contributed by atoms with E-state index in [9.17, 15) is 14.4 Å². The van der Waals surface area contributed by atoms with Crippen LogP contribution in [0.4, 0.5) is 10.5 Å². The fourth-order valence-electron chi connectivity index (χ4n) is 4.23. The van der Waals surface area contributed by atoms with Gasteiger partial charge in [-0.3, -0.25) is 14.5 Å². The zero-order valence-electron chi connectivity index (χ0n) is 17.5. The van der Waals surface area contributed by atoms with Crippen LogP contribution in [0.1, 0.15) is 17.5 Å². The Labute approximate surface area is 179 Å². The van der Waals surface area contributed by atoms with E-state index in [-0.39, 0.29) is 0 Å². The second kappa shape index (κ2) is 7.82. The Bertz CT molecular complexity index is 1040. The topological polar surface area (TPSA) is 106 Å². The molecular weight excluding hydrogens is 402 g/mol. The molecule has 1 heterocycles. The molecule has 0 aromatic heterocycles. The lowest BCUT2D eigenvalue weighted by Crippen LogP contribution is -2.43. The van der Waals surface area contributed by atoms with Crippen molar-refractivity contribution in [2.24, 2.45) is 0 Å². The molecule has 1 saturated heterocycles. The van der Waals surface area contributed by atoms with Crippen LogP contribution < -0.4 is 24.8 Å². The number of rotatable bonds is 6. The SMILES string of the molecule is COc1cc(NC(=O)CN2C(=O)N[C@@]3(CCc4ccccc43)C2=O)cc(OC)c1OC. The molecular formula is C22H23N3O6. The maximum atomic E-state index is 13.2. The van der Waals surface area contributed by atoms with E-state index in [0.717, 1.165) is 16.0 Å². The van der Waals surface area contributed by atoms with E-state index in [1.807, 2.05) is 24.3 Å². The van der Waals surface area contributed by atoms with E-state index in [1.54, 1.807) is 12.1 Å². The first-order chi connectivity index (χ1) is 14.9. The van der Waals surface area contributed by atoms with Gasteiger partial charge >= 0.3 is 6.03 Å². The van der Waals surface area contributed by atoms with Gasteiger partial charge in [0.1, 0.15) is 12.1 Å². The molecule has 0 bridgehead atoms. The summed E-state index contributed by atoms with van der Waals surface area (Å²) in [5, 5.41) is 5.49. The van der Waals surface area contributed by atoms with Crippen molar-refractivity contribution in [3.8, 4) is 17.2 Å². The molecule has 9 nitrogen and oxygen atoms in total. The monoisotopic (exact) mass is 425 g/mol. The Morgan fingerprint density at radius 1 is 1.10 bits per heavy atom. The van der Waals surface area contributed by atoms with Crippen LogP contribution in [0.5, 0.6) is 17.2 Å². The van der Waals surface area contributed by atoms with Crippen molar-refractivity contribution in [1.29, 1.82) is 0 Å². The summed E-state index contributed by atoms with van der Waals surface area (Å²) in [5.41, 5.74) is 1.11. The zero-order chi connectivity index (χ0) is 22.2. The van der Waals surface area contributed by atoms with Crippen LogP contribution in [0.15, 0.2) is 36.4 Å². The van der Waals surface area contributed by atoms with Crippen molar-refractivity contribution in [3.05, 3.63) is 47.5 Å². The maximum absolute atomic E-state index is 13.2. The number of anilines is 1.